The van der Waals surface area contributed by atoms with Gasteiger partial charge in [0, 0.05) is 36.7 Å². The van der Waals surface area contributed by atoms with Gasteiger partial charge in [-0.05, 0) is 43.5 Å². The second-order valence-electron chi connectivity index (χ2n) is 6.97. The number of hydrogen-bond acceptors (Lipinski definition) is 6. The van der Waals surface area contributed by atoms with Crippen molar-refractivity contribution in [1.82, 2.24) is 9.97 Å². The summed E-state index contributed by atoms with van der Waals surface area (Å²) in [5, 5.41) is 4.52. The Morgan fingerprint density at radius 3 is 2.57 bits per heavy atom. The fourth-order valence-corrected chi connectivity index (χ4v) is 3.61. The maximum atomic E-state index is 5.52. The van der Waals surface area contributed by atoms with E-state index in [1.54, 1.807) is 14.2 Å². The van der Waals surface area contributed by atoms with E-state index in [1.165, 1.54) is 19.3 Å². The molecule has 1 fully saturated rings. The molecule has 1 aromatic heterocycles. The van der Waals surface area contributed by atoms with Gasteiger partial charge in [0.15, 0.2) is 0 Å². The van der Waals surface area contributed by atoms with Gasteiger partial charge in [-0.2, -0.15) is 4.98 Å². The fourth-order valence-electron chi connectivity index (χ4n) is 3.61. The van der Waals surface area contributed by atoms with E-state index in [-0.39, 0.29) is 0 Å². The molecule has 0 unspecified atom stereocenters. The SMILES string of the molecule is COc1ccc(CNc2nc(N3CCCCC3)nc3ccccc23)c(OC)c1. The number of ether oxygens (including phenoxy) is 2. The van der Waals surface area contributed by atoms with Crippen molar-refractivity contribution in [2.45, 2.75) is 25.8 Å². The third kappa shape index (κ3) is 3.81. The molecule has 3 aromatic rings. The molecule has 1 aliphatic rings. The predicted molar refractivity (Wildman–Crippen MR) is 112 cm³/mol. The molecule has 4 rings (SSSR count). The van der Waals surface area contributed by atoms with E-state index < -0.39 is 0 Å². The van der Waals surface area contributed by atoms with Crippen LogP contribution >= 0.6 is 0 Å². The molecule has 2 heterocycles. The predicted octanol–water partition coefficient (Wildman–Crippen LogP) is 4.25. The summed E-state index contributed by atoms with van der Waals surface area (Å²) in [7, 11) is 3.33. The van der Waals surface area contributed by atoms with Gasteiger partial charge >= 0.3 is 0 Å². The van der Waals surface area contributed by atoms with Gasteiger partial charge in [0.1, 0.15) is 17.3 Å². The van der Waals surface area contributed by atoms with E-state index in [0.29, 0.717) is 6.54 Å². The number of hydrogen-bond donors (Lipinski definition) is 1. The lowest BCUT2D eigenvalue weighted by Crippen LogP contribution is -2.31. The molecule has 0 atom stereocenters. The Morgan fingerprint density at radius 1 is 0.964 bits per heavy atom. The van der Waals surface area contributed by atoms with Crippen molar-refractivity contribution in [3.63, 3.8) is 0 Å². The summed E-state index contributed by atoms with van der Waals surface area (Å²) in [5.74, 6) is 3.23. The molecule has 1 saturated heterocycles. The van der Waals surface area contributed by atoms with E-state index in [9.17, 15) is 0 Å². The smallest absolute Gasteiger partial charge is 0.227 e. The van der Waals surface area contributed by atoms with E-state index in [0.717, 1.165) is 52.8 Å². The Bertz CT molecular complexity index is 954. The molecule has 6 nitrogen and oxygen atoms in total. The van der Waals surface area contributed by atoms with Crippen molar-refractivity contribution in [3.8, 4) is 11.5 Å². The van der Waals surface area contributed by atoms with Crippen LogP contribution in [0.3, 0.4) is 0 Å². The molecule has 28 heavy (non-hydrogen) atoms. The van der Waals surface area contributed by atoms with Gasteiger partial charge in [0.25, 0.3) is 0 Å². The van der Waals surface area contributed by atoms with Crippen LogP contribution < -0.4 is 19.7 Å². The van der Waals surface area contributed by atoms with E-state index in [4.69, 9.17) is 19.4 Å². The van der Waals surface area contributed by atoms with Crippen molar-refractivity contribution in [3.05, 3.63) is 48.0 Å². The molecule has 146 valence electrons. The third-order valence-corrected chi connectivity index (χ3v) is 5.17. The Morgan fingerprint density at radius 2 is 1.79 bits per heavy atom. The molecule has 0 amide bonds. The van der Waals surface area contributed by atoms with Crippen LogP contribution in [-0.4, -0.2) is 37.3 Å². The number of anilines is 2. The summed E-state index contributed by atoms with van der Waals surface area (Å²) >= 11 is 0. The van der Waals surface area contributed by atoms with Crippen LogP contribution in [0, 0.1) is 0 Å². The standard InChI is InChI=1S/C22H26N4O2/c1-27-17-11-10-16(20(14-17)28-2)15-23-21-18-8-4-5-9-19(18)24-22(25-21)26-12-6-3-7-13-26/h4-5,8-11,14H,3,6-7,12-13,15H2,1-2H3,(H,23,24,25). The zero-order valence-corrected chi connectivity index (χ0v) is 16.4. The summed E-state index contributed by atoms with van der Waals surface area (Å²) in [5.41, 5.74) is 2.01. The van der Waals surface area contributed by atoms with Crippen LogP contribution in [0.5, 0.6) is 11.5 Å². The number of fused-ring (bicyclic) bond motifs is 1. The molecule has 0 saturated carbocycles. The summed E-state index contributed by atoms with van der Waals surface area (Å²) in [4.78, 5) is 12.0. The highest BCUT2D eigenvalue weighted by Gasteiger charge is 2.16. The first-order valence-corrected chi connectivity index (χ1v) is 9.75. The number of methoxy groups -OCH3 is 2. The highest BCUT2D eigenvalue weighted by Crippen LogP contribution is 2.28. The normalized spacial score (nSPS) is 14.1. The van der Waals surface area contributed by atoms with Crippen LogP contribution in [0.15, 0.2) is 42.5 Å². The maximum absolute atomic E-state index is 5.52. The Kier molecular flexibility index (Phi) is 5.46. The average molecular weight is 378 g/mol. The zero-order chi connectivity index (χ0) is 19.3. The van der Waals surface area contributed by atoms with E-state index in [1.807, 2.05) is 36.4 Å². The molecule has 6 heteroatoms. The van der Waals surface area contributed by atoms with Gasteiger partial charge in [-0.1, -0.05) is 12.1 Å². The van der Waals surface area contributed by atoms with Crippen molar-refractivity contribution in [2.24, 2.45) is 0 Å². The third-order valence-electron chi connectivity index (χ3n) is 5.17. The van der Waals surface area contributed by atoms with Gasteiger partial charge in [0.05, 0.1) is 19.7 Å². The van der Waals surface area contributed by atoms with Crippen molar-refractivity contribution in [1.29, 1.82) is 0 Å². The number of nitrogens with one attached hydrogen (secondary N) is 1. The largest absolute Gasteiger partial charge is 0.497 e. The van der Waals surface area contributed by atoms with Crippen LogP contribution in [0.1, 0.15) is 24.8 Å². The summed E-state index contributed by atoms with van der Waals surface area (Å²) in [6, 6.07) is 14.0. The first-order chi connectivity index (χ1) is 13.8. The number of piperidine rings is 1. The molecule has 1 aliphatic heterocycles. The lowest BCUT2D eigenvalue weighted by atomic mass is 10.1. The van der Waals surface area contributed by atoms with Gasteiger partial charge < -0.3 is 19.7 Å². The van der Waals surface area contributed by atoms with Crippen molar-refractivity contribution >= 4 is 22.7 Å². The van der Waals surface area contributed by atoms with Crippen LogP contribution in [0.4, 0.5) is 11.8 Å². The minimum Gasteiger partial charge on any atom is -0.497 e. The average Bonchev–Trinajstić information content (AvgIpc) is 2.77. The maximum Gasteiger partial charge on any atom is 0.227 e. The monoisotopic (exact) mass is 378 g/mol. The minimum absolute atomic E-state index is 0.605. The van der Waals surface area contributed by atoms with Gasteiger partial charge in [-0.15, -0.1) is 0 Å². The first-order valence-electron chi connectivity index (χ1n) is 9.75. The summed E-state index contributed by atoms with van der Waals surface area (Å²) in [6.07, 6.45) is 3.68. The van der Waals surface area contributed by atoms with Crippen molar-refractivity contribution in [2.75, 3.05) is 37.5 Å². The van der Waals surface area contributed by atoms with E-state index >= 15 is 0 Å². The second-order valence-corrected chi connectivity index (χ2v) is 6.97. The Labute approximate surface area is 165 Å². The molecule has 0 spiro atoms. The van der Waals surface area contributed by atoms with E-state index in [2.05, 4.69) is 16.3 Å². The van der Waals surface area contributed by atoms with Gasteiger partial charge in [0.2, 0.25) is 5.95 Å². The Balaban J connectivity index is 1.64. The molecular weight excluding hydrogens is 352 g/mol. The first kappa shape index (κ1) is 18.3. The zero-order valence-electron chi connectivity index (χ0n) is 16.4. The highest BCUT2D eigenvalue weighted by molar-refractivity contribution is 5.90. The van der Waals surface area contributed by atoms with Crippen LogP contribution in [0.2, 0.25) is 0 Å². The molecule has 0 bridgehead atoms. The van der Waals surface area contributed by atoms with Crippen LogP contribution in [-0.2, 0) is 6.54 Å². The second kappa shape index (κ2) is 8.33. The topological polar surface area (TPSA) is 59.5 Å². The Hall–Kier alpha value is -3.02. The quantitative estimate of drug-likeness (QED) is 0.692. The van der Waals surface area contributed by atoms with Gasteiger partial charge in [-0.3, -0.25) is 0 Å². The van der Waals surface area contributed by atoms with Crippen LogP contribution in [0.25, 0.3) is 10.9 Å². The molecule has 2 aromatic carbocycles. The molecule has 1 N–H and O–H groups in total. The summed E-state index contributed by atoms with van der Waals surface area (Å²) in [6.45, 7) is 2.64. The minimum atomic E-state index is 0.605. The van der Waals surface area contributed by atoms with Gasteiger partial charge in [-0.25, -0.2) is 4.98 Å². The molecular formula is C22H26N4O2. The number of rotatable bonds is 6. The van der Waals surface area contributed by atoms with Crippen molar-refractivity contribution < 1.29 is 9.47 Å². The number of benzene rings is 2. The number of aromatic nitrogens is 2. The highest BCUT2D eigenvalue weighted by atomic mass is 16.5. The lowest BCUT2D eigenvalue weighted by Gasteiger charge is -2.27. The fraction of sp³-hybridized carbons (Fsp3) is 0.364. The number of para-hydroxylation sites is 1. The number of nitrogens with zero attached hydrogens (tertiary/aromatic N) is 3. The molecule has 0 aliphatic carbocycles. The molecule has 0 radical (unpaired) electrons. The lowest BCUT2D eigenvalue weighted by molar-refractivity contribution is 0.391. The summed E-state index contributed by atoms with van der Waals surface area (Å²) < 4.78 is 10.8.